The van der Waals surface area contributed by atoms with E-state index in [2.05, 4.69) is 0 Å². The third kappa shape index (κ3) is 1.30. The number of nitrogens with two attached hydrogens (primary N) is 1. The summed E-state index contributed by atoms with van der Waals surface area (Å²) in [5.74, 6) is 0. The van der Waals surface area contributed by atoms with E-state index in [1.165, 1.54) is 0 Å². The van der Waals surface area contributed by atoms with Crippen LogP contribution in [-0.4, -0.2) is 12.1 Å². The molecule has 0 unspecified atom stereocenters. The second-order valence-corrected chi connectivity index (χ2v) is 3.61. The van der Waals surface area contributed by atoms with E-state index in [-0.39, 0.29) is 10.7 Å². The smallest absolute Gasteiger partial charge is 0.423 e. The van der Waals surface area contributed by atoms with Gasteiger partial charge >= 0.3 is 7.12 Å². The van der Waals surface area contributed by atoms with Crippen molar-refractivity contribution in [3.05, 3.63) is 21.7 Å². The Bertz CT molecular complexity index is 372. The van der Waals surface area contributed by atoms with E-state index in [1.54, 1.807) is 6.07 Å². The van der Waals surface area contributed by atoms with Crippen LogP contribution in [0.1, 0.15) is 5.56 Å². The van der Waals surface area contributed by atoms with Gasteiger partial charge in [-0.05, 0) is 11.6 Å². The van der Waals surface area contributed by atoms with Crippen molar-refractivity contribution in [2.24, 2.45) is 0 Å². The Morgan fingerprint density at radius 3 is 2.92 bits per heavy atom. The van der Waals surface area contributed by atoms with Crippen LogP contribution in [0.3, 0.4) is 0 Å². The van der Waals surface area contributed by atoms with E-state index in [1.807, 2.05) is 0 Å². The molecular weight excluding hydrogens is 212 g/mol. The Morgan fingerprint density at radius 1 is 1.54 bits per heavy atom. The molecule has 1 heterocycles. The topological polar surface area (TPSA) is 55.5 Å². The van der Waals surface area contributed by atoms with Crippen molar-refractivity contribution < 1.29 is 9.68 Å². The van der Waals surface area contributed by atoms with Crippen molar-refractivity contribution in [1.82, 2.24) is 0 Å². The van der Waals surface area contributed by atoms with Gasteiger partial charge in [-0.1, -0.05) is 23.2 Å². The Kier molecular flexibility index (Phi) is 2.16. The fraction of sp³-hybridized carbons (Fsp3) is 0.143. The zero-order chi connectivity index (χ0) is 9.59. The van der Waals surface area contributed by atoms with Gasteiger partial charge in [0.15, 0.2) is 0 Å². The number of fused-ring (bicyclic) bond motifs is 1. The van der Waals surface area contributed by atoms with Gasteiger partial charge in [-0.15, -0.1) is 0 Å². The lowest BCUT2D eigenvalue weighted by Crippen LogP contribution is -2.29. The molecule has 0 bridgehead atoms. The van der Waals surface area contributed by atoms with Crippen LogP contribution in [0.5, 0.6) is 0 Å². The average Bonchev–Trinajstić information content (AvgIpc) is 2.43. The molecule has 2 rings (SSSR count). The average molecular weight is 218 g/mol. The molecule has 3 N–H and O–H groups in total. The van der Waals surface area contributed by atoms with Crippen LogP contribution in [0, 0.1) is 0 Å². The number of hydrogen-bond donors (Lipinski definition) is 2. The van der Waals surface area contributed by atoms with Gasteiger partial charge in [0.2, 0.25) is 0 Å². The number of halogens is 2. The molecule has 0 atom stereocenters. The summed E-state index contributed by atoms with van der Waals surface area (Å²) in [5, 5.41) is 10.0. The first-order valence-corrected chi connectivity index (χ1v) is 4.42. The fourth-order valence-corrected chi connectivity index (χ4v) is 1.93. The zero-order valence-electron chi connectivity index (χ0n) is 6.55. The summed E-state index contributed by atoms with van der Waals surface area (Å²) in [5.41, 5.74) is 7.19. The summed E-state index contributed by atoms with van der Waals surface area (Å²) in [4.78, 5) is 0. The number of benzene rings is 1. The predicted molar refractivity (Wildman–Crippen MR) is 53.3 cm³/mol. The maximum atomic E-state index is 9.37. The lowest BCUT2D eigenvalue weighted by molar-refractivity contribution is 0.275. The second kappa shape index (κ2) is 3.06. The molecule has 13 heavy (non-hydrogen) atoms. The Morgan fingerprint density at radius 2 is 2.23 bits per heavy atom. The molecule has 1 aliphatic heterocycles. The van der Waals surface area contributed by atoms with Crippen LogP contribution in [0.25, 0.3) is 0 Å². The molecule has 0 saturated heterocycles. The van der Waals surface area contributed by atoms with Gasteiger partial charge in [0.1, 0.15) is 0 Å². The lowest BCUT2D eigenvalue weighted by Gasteiger charge is -2.06. The van der Waals surface area contributed by atoms with Crippen molar-refractivity contribution in [1.29, 1.82) is 0 Å². The zero-order valence-corrected chi connectivity index (χ0v) is 8.06. The predicted octanol–water partition coefficient (Wildman–Crippen LogP) is 0.793. The Hall–Kier alpha value is -0.415. The largest absolute Gasteiger partial charge is 0.493 e. The van der Waals surface area contributed by atoms with Crippen LogP contribution in [-0.2, 0) is 11.3 Å². The number of hydrogen-bond acceptors (Lipinski definition) is 3. The van der Waals surface area contributed by atoms with Gasteiger partial charge in [-0.3, -0.25) is 0 Å². The van der Waals surface area contributed by atoms with E-state index in [9.17, 15) is 5.02 Å². The number of anilines is 1. The normalized spacial score (nSPS) is 14.8. The molecule has 1 aliphatic rings. The molecule has 68 valence electrons. The van der Waals surface area contributed by atoms with Crippen LogP contribution in [0.15, 0.2) is 6.07 Å². The van der Waals surface area contributed by atoms with E-state index in [0.717, 1.165) is 5.56 Å². The first-order valence-electron chi connectivity index (χ1n) is 3.67. The third-order valence-electron chi connectivity index (χ3n) is 2.02. The van der Waals surface area contributed by atoms with Crippen molar-refractivity contribution in [2.45, 2.75) is 6.61 Å². The molecule has 1 aromatic rings. The maximum Gasteiger partial charge on any atom is 0.493 e. The minimum atomic E-state index is -0.984. The van der Waals surface area contributed by atoms with Gasteiger partial charge in [-0.2, -0.15) is 0 Å². The summed E-state index contributed by atoms with van der Waals surface area (Å²) in [6, 6.07) is 1.66. The van der Waals surface area contributed by atoms with Crippen molar-refractivity contribution in [3.8, 4) is 0 Å². The van der Waals surface area contributed by atoms with Crippen LogP contribution < -0.4 is 11.2 Å². The minimum Gasteiger partial charge on any atom is -0.423 e. The summed E-state index contributed by atoms with van der Waals surface area (Å²) in [7, 11) is -0.984. The first kappa shape index (κ1) is 9.15. The standard InChI is InChI=1S/C7H6BCl2NO2/c9-4-1-3-2-13-8(12)5(3)6(10)7(4)11/h1,12H,2,11H2. The highest BCUT2D eigenvalue weighted by molar-refractivity contribution is 6.66. The third-order valence-corrected chi connectivity index (χ3v) is 2.74. The number of nitrogen functional groups attached to an aromatic ring is 1. The van der Waals surface area contributed by atoms with Crippen LogP contribution in [0.4, 0.5) is 5.69 Å². The maximum absolute atomic E-state index is 9.37. The molecule has 6 heteroatoms. The van der Waals surface area contributed by atoms with Gasteiger partial charge in [0, 0.05) is 5.46 Å². The van der Waals surface area contributed by atoms with Crippen LogP contribution in [0.2, 0.25) is 10.0 Å². The fourth-order valence-electron chi connectivity index (χ4n) is 1.34. The Labute approximate surface area is 85.5 Å². The minimum absolute atomic E-state index is 0.284. The van der Waals surface area contributed by atoms with Crippen molar-refractivity contribution >= 4 is 41.5 Å². The van der Waals surface area contributed by atoms with E-state index >= 15 is 0 Å². The molecule has 1 aromatic carbocycles. The van der Waals surface area contributed by atoms with E-state index in [4.69, 9.17) is 33.6 Å². The molecule has 0 spiro atoms. The highest BCUT2D eigenvalue weighted by Crippen LogP contribution is 2.30. The lowest BCUT2D eigenvalue weighted by atomic mass is 9.79. The van der Waals surface area contributed by atoms with Crippen molar-refractivity contribution in [2.75, 3.05) is 5.73 Å². The Balaban J connectivity index is 2.68. The monoisotopic (exact) mass is 217 g/mol. The molecule has 0 fully saturated rings. The SMILES string of the molecule is Nc1c(Cl)cc2c(c1Cl)B(O)OC2. The summed E-state index contributed by atoms with van der Waals surface area (Å²) in [6.07, 6.45) is 0. The highest BCUT2D eigenvalue weighted by Gasteiger charge is 2.31. The van der Waals surface area contributed by atoms with E-state index < -0.39 is 7.12 Å². The molecule has 0 radical (unpaired) electrons. The highest BCUT2D eigenvalue weighted by atomic mass is 35.5. The van der Waals surface area contributed by atoms with Gasteiger partial charge in [-0.25, -0.2) is 0 Å². The molecule has 0 amide bonds. The van der Waals surface area contributed by atoms with Gasteiger partial charge in [0.05, 0.1) is 22.3 Å². The molecular formula is C7H6BCl2NO2. The second-order valence-electron chi connectivity index (χ2n) is 2.82. The summed E-state index contributed by atoms with van der Waals surface area (Å²) >= 11 is 11.7. The molecule has 0 aromatic heterocycles. The van der Waals surface area contributed by atoms with Gasteiger partial charge in [0.25, 0.3) is 0 Å². The summed E-state index contributed by atoms with van der Waals surface area (Å²) < 4.78 is 4.97. The molecule has 0 saturated carbocycles. The molecule has 3 nitrogen and oxygen atoms in total. The number of rotatable bonds is 0. The summed E-state index contributed by atoms with van der Waals surface area (Å²) in [6.45, 7) is 0.316. The molecule has 0 aliphatic carbocycles. The van der Waals surface area contributed by atoms with Gasteiger partial charge < -0.3 is 15.4 Å². The quantitative estimate of drug-likeness (QED) is 0.499. The van der Waals surface area contributed by atoms with Crippen LogP contribution >= 0.6 is 23.2 Å². The first-order chi connectivity index (χ1) is 6.11. The van der Waals surface area contributed by atoms with Crippen molar-refractivity contribution in [3.63, 3.8) is 0 Å². The van der Waals surface area contributed by atoms with E-state index in [0.29, 0.717) is 17.1 Å².